The Kier molecular flexibility index (Phi) is 9.79. The SMILES string of the molecule is C=CC(CCC)[SiH](OC(C)CC)OC(C)CC. The maximum atomic E-state index is 6.12. The molecule has 3 atom stereocenters. The van der Waals surface area contributed by atoms with Crippen LogP contribution in [0.1, 0.15) is 60.3 Å². The maximum Gasteiger partial charge on any atom is 0.328 e. The van der Waals surface area contributed by atoms with E-state index < -0.39 is 9.28 Å². The minimum Gasteiger partial charge on any atom is -0.393 e. The Hall–Kier alpha value is -0.123. The van der Waals surface area contributed by atoms with E-state index in [2.05, 4.69) is 41.2 Å². The van der Waals surface area contributed by atoms with Gasteiger partial charge in [0.05, 0.1) is 0 Å². The standard InChI is InChI=1S/C14H30O2Si/c1-7-11-14(10-4)17(15-12(5)8-2)16-13(6)9-3/h10,12-14,17H,4,7-9,11H2,1-3,5-6H3. The fourth-order valence-corrected chi connectivity index (χ4v) is 4.18. The molecule has 0 aliphatic carbocycles. The van der Waals surface area contributed by atoms with Crippen molar-refractivity contribution >= 4 is 9.28 Å². The van der Waals surface area contributed by atoms with Gasteiger partial charge < -0.3 is 8.85 Å². The first-order valence-electron chi connectivity index (χ1n) is 7.02. The van der Waals surface area contributed by atoms with E-state index in [1.54, 1.807) is 0 Å². The first-order valence-corrected chi connectivity index (χ1v) is 8.63. The molecule has 0 aliphatic rings. The second-order valence-electron chi connectivity index (χ2n) is 4.77. The zero-order valence-electron chi connectivity index (χ0n) is 12.2. The monoisotopic (exact) mass is 258 g/mol. The molecule has 17 heavy (non-hydrogen) atoms. The average Bonchev–Trinajstić information content (AvgIpc) is 2.34. The lowest BCUT2D eigenvalue weighted by Gasteiger charge is -2.28. The molecule has 0 saturated heterocycles. The Balaban J connectivity index is 4.50. The summed E-state index contributed by atoms with van der Waals surface area (Å²) in [6, 6.07) is 0. The van der Waals surface area contributed by atoms with Crippen molar-refractivity contribution in [2.45, 2.75) is 78.1 Å². The van der Waals surface area contributed by atoms with E-state index >= 15 is 0 Å². The van der Waals surface area contributed by atoms with Crippen molar-refractivity contribution in [3.63, 3.8) is 0 Å². The molecule has 3 heteroatoms. The van der Waals surface area contributed by atoms with Gasteiger partial charge in [-0.2, -0.15) is 0 Å². The van der Waals surface area contributed by atoms with Crippen LogP contribution < -0.4 is 0 Å². The summed E-state index contributed by atoms with van der Waals surface area (Å²) in [6.45, 7) is 14.7. The van der Waals surface area contributed by atoms with Crippen molar-refractivity contribution in [3.05, 3.63) is 12.7 Å². The second kappa shape index (κ2) is 9.86. The predicted molar refractivity (Wildman–Crippen MR) is 77.7 cm³/mol. The Bertz CT molecular complexity index is 185. The van der Waals surface area contributed by atoms with Gasteiger partial charge in [-0.1, -0.05) is 33.3 Å². The van der Waals surface area contributed by atoms with Crippen LogP contribution in [0.15, 0.2) is 12.7 Å². The minimum absolute atomic E-state index is 0.301. The quantitative estimate of drug-likeness (QED) is 0.432. The van der Waals surface area contributed by atoms with Gasteiger partial charge in [-0.15, -0.1) is 6.58 Å². The van der Waals surface area contributed by atoms with Crippen molar-refractivity contribution in [1.82, 2.24) is 0 Å². The summed E-state index contributed by atoms with van der Waals surface area (Å²) in [5, 5.41) is 0. The predicted octanol–water partition coefficient (Wildman–Crippen LogP) is 4.19. The Morgan fingerprint density at radius 3 is 1.82 bits per heavy atom. The van der Waals surface area contributed by atoms with Gasteiger partial charge in [0.2, 0.25) is 0 Å². The molecular weight excluding hydrogens is 228 g/mol. The summed E-state index contributed by atoms with van der Waals surface area (Å²) >= 11 is 0. The van der Waals surface area contributed by atoms with Crippen molar-refractivity contribution in [2.75, 3.05) is 0 Å². The Morgan fingerprint density at radius 1 is 1.06 bits per heavy atom. The molecule has 0 amide bonds. The molecule has 0 spiro atoms. The molecule has 2 nitrogen and oxygen atoms in total. The van der Waals surface area contributed by atoms with Gasteiger partial charge in [0.25, 0.3) is 0 Å². The van der Waals surface area contributed by atoms with Gasteiger partial charge in [-0.3, -0.25) is 0 Å². The normalized spacial score (nSPS) is 18.4. The van der Waals surface area contributed by atoms with Crippen LogP contribution in [0.25, 0.3) is 0 Å². The molecule has 0 radical (unpaired) electrons. The van der Waals surface area contributed by atoms with Crippen molar-refractivity contribution in [3.8, 4) is 0 Å². The van der Waals surface area contributed by atoms with Gasteiger partial charge in [-0.05, 0) is 33.1 Å². The molecular formula is C14H30O2Si. The highest BCUT2D eigenvalue weighted by atomic mass is 28.3. The van der Waals surface area contributed by atoms with Crippen LogP contribution in [-0.2, 0) is 8.85 Å². The first kappa shape index (κ1) is 16.9. The highest BCUT2D eigenvalue weighted by Gasteiger charge is 2.26. The lowest BCUT2D eigenvalue weighted by atomic mass is 10.2. The lowest BCUT2D eigenvalue weighted by molar-refractivity contribution is 0.106. The number of rotatable bonds is 10. The number of hydrogen-bond donors (Lipinski definition) is 0. The smallest absolute Gasteiger partial charge is 0.328 e. The summed E-state index contributed by atoms with van der Waals surface area (Å²) in [5.74, 6) is 0. The van der Waals surface area contributed by atoms with Crippen LogP contribution in [0.2, 0.25) is 5.54 Å². The molecule has 0 heterocycles. The highest BCUT2D eigenvalue weighted by Crippen LogP contribution is 2.23. The van der Waals surface area contributed by atoms with Crippen LogP contribution in [0.5, 0.6) is 0 Å². The summed E-state index contributed by atoms with van der Waals surface area (Å²) in [6.07, 6.45) is 7.02. The molecule has 0 bridgehead atoms. The zero-order chi connectivity index (χ0) is 13.3. The molecule has 3 unspecified atom stereocenters. The van der Waals surface area contributed by atoms with E-state index in [-0.39, 0.29) is 0 Å². The number of hydrogen-bond acceptors (Lipinski definition) is 2. The van der Waals surface area contributed by atoms with Crippen LogP contribution in [0.3, 0.4) is 0 Å². The van der Waals surface area contributed by atoms with E-state index in [4.69, 9.17) is 8.85 Å². The zero-order valence-corrected chi connectivity index (χ0v) is 13.4. The maximum absolute atomic E-state index is 6.12. The molecule has 0 fully saturated rings. The summed E-state index contributed by atoms with van der Waals surface area (Å²) in [4.78, 5) is 0. The molecule has 0 aromatic rings. The average molecular weight is 258 g/mol. The van der Waals surface area contributed by atoms with Gasteiger partial charge >= 0.3 is 9.28 Å². The Morgan fingerprint density at radius 2 is 1.53 bits per heavy atom. The third kappa shape index (κ3) is 7.01. The second-order valence-corrected chi connectivity index (χ2v) is 6.90. The largest absolute Gasteiger partial charge is 0.393 e. The third-order valence-corrected chi connectivity index (χ3v) is 5.93. The van der Waals surface area contributed by atoms with Gasteiger partial charge in [0, 0.05) is 17.7 Å². The third-order valence-electron chi connectivity index (χ3n) is 3.16. The Labute approximate surface area is 109 Å². The minimum atomic E-state index is -1.64. The van der Waals surface area contributed by atoms with Crippen molar-refractivity contribution < 1.29 is 8.85 Å². The fourth-order valence-electron chi connectivity index (χ4n) is 1.58. The number of allylic oxidation sites excluding steroid dienone is 1. The topological polar surface area (TPSA) is 18.5 Å². The van der Waals surface area contributed by atoms with Gasteiger partial charge in [0.15, 0.2) is 0 Å². The van der Waals surface area contributed by atoms with Crippen LogP contribution in [0.4, 0.5) is 0 Å². The lowest BCUT2D eigenvalue weighted by Crippen LogP contribution is -2.34. The van der Waals surface area contributed by atoms with E-state index in [0.29, 0.717) is 17.7 Å². The molecule has 102 valence electrons. The van der Waals surface area contributed by atoms with Crippen LogP contribution >= 0.6 is 0 Å². The molecule has 0 aliphatic heterocycles. The summed E-state index contributed by atoms with van der Waals surface area (Å²) in [5.41, 5.74) is 0.433. The van der Waals surface area contributed by atoms with Gasteiger partial charge in [-0.25, -0.2) is 0 Å². The molecule has 0 rings (SSSR count). The van der Waals surface area contributed by atoms with E-state index in [9.17, 15) is 0 Å². The molecule has 0 aromatic heterocycles. The summed E-state index contributed by atoms with van der Waals surface area (Å²) in [7, 11) is -1.64. The molecule has 0 aromatic carbocycles. The molecule has 0 saturated carbocycles. The van der Waals surface area contributed by atoms with Crippen LogP contribution in [-0.4, -0.2) is 21.5 Å². The summed E-state index contributed by atoms with van der Waals surface area (Å²) < 4.78 is 12.2. The van der Waals surface area contributed by atoms with Crippen molar-refractivity contribution in [2.24, 2.45) is 0 Å². The highest BCUT2D eigenvalue weighted by molar-refractivity contribution is 6.47. The van der Waals surface area contributed by atoms with E-state index in [1.165, 1.54) is 0 Å². The van der Waals surface area contributed by atoms with E-state index in [1.807, 2.05) is 6.08 Å². The van der Waals surface area contributed by atoms with Crippen LogP contribution in [0, 0.1) is 0 Å². The first-order chi connectivity index (χ1) is 8.08. The fraction of sp³-hybridized carbons (Fsp3) is 0.857. The van der Waals surface area contributed by atoms with E-state index in [0.717, 1.165) is 25.7 Å². The van der Waals surface area contributed by atoms with Gasteiger partial charge in [0.1, 0.15) is 0 Å². The molecule has 0 N–H and O–H groups in total. The van der Waals surface area contributed by atoms with Crippen molar-refractivity contribution in [1.29, 1.82) is 0 Å².